The molecule has 0 spiro atoms. The van der Waals surface area contributed by atoms with Crippen LogP contribution in [0.25, 0.3) is 10.9 Å². The number of halogens is 1. The van der Waals surface area contributed by atoms with Gasteiger partial charge in [0.25, 0.3) is 0 Å². The quantitative estimate of drug-likeness (QED) is 0.835. The van der Waals surface area contributed by atoms with Crippen molar-refractivity contribution >= 4 is 22.5 Å². The maximum Gasteiger partial charge on any atom is 0.130 e. The molecule has 4 unspecified atom stereocenters. The van der Waals surface area contributed by atoms with Crippen LogP contribution >= 0.6 is 11.6 Å². The van der Waals surface area contributed by atoms with Crippen LogP contribution < -0.4 is 4.74 Å². The second-order valence-electron chi connectivity index (χ2n) is 7.38. The minimum atomic E-state index is -0.560. The highest BCUT2D eigenvalue weighted by molar-refractivity contribution is 6.30. The van der Waals surface area contributed by atoms with Crippen molar-refractivity contribution < 1.29 is 9.84 Å². The summed E-state index contributed by atoms with van der Waals surface area (Å²) in [7, 11) is 1.65. The van der Waals surface area contributed by atoms with E-state index >= 15 is 0 Å². The van der Waals surface area contributed by atoms with E-state index in [0.717, 1.165) is 53.6 Å². The fraction of sp³-hybridized carbons (Fsp3) is 0.550. The molecule has 134 valence electrons. The molecule has 1 N–H and O–H groups in total. The molecule has 0 aliphatic carbocycles. The maximum absolute atomic E-state index is 11.2. The number of ether oxygens (including phenoxy) is 1. The molecule has 0 amide bonds. The Morgan fingerprint density at radius 3 is 2.92 bits per heavy atom. The molecule has 3 aliphatic rings. The number of hydrogen-bond donors (Lipinski definition) is 1. The largest absolute Gasteiger partial charge is 0.497 e. The molecule has 1 aromatic heterocycles. The summed E-state index contributed by atoms with van der Waals surface area (Å²) in [6, 6.07) is 7.70. The molecule has 5 rings (SSSR count). The lowest BCUT2D eigenvalue weighted by molar-refractivity contribution is -0.0562. The predicted octanol–water partition coefficient (Wildman–Crippen LogP) is 4.05. The molecule has 25 heavy (non-hydrogen) atoms. The topological polar surface area (TPSA) is 45.6 Å². The van der Waals surface area contributed by atoms with Crippen molar-refractivity contribution in [1.82, 2.24) is 9.88 Å². The number of pyridine rings is 1. The van der Waals surface area contributed by atoms with Gasteiger partial charge in [-0.3, -0.25) is 4.90 Å². The van der Waals surface area contributed by atoms with E-state index in [1.54, 1.807) is 7.11 Å². The highest BCUT2D eigenvalue weighted by Crippen LogP contribution is 2.43. The number of benzene rings is 1. The second kappa shape index (κ2) is 6.75. The molecule has 3 saturated heterocycles. The average Bonchev–Trinajstić information content (AvgIpc) is 2.66. The Morgan fingerprint density at radius 2 is 2.24 bits per heavy atom. The number of piperidine rings is 3. The van der Waals surface area contributed by atoms with Crippen LogP contribution in [0.3, 0.4) is 0 Å². The van der Waals surface area contributed by atoms with Crippen molar-refractivity contribution in [2.75, 3.05) is 20.2 Å². The Hall–Kier alpha value is -1.36. The standard InChI is InChI=1S/C20H25ClN2O2/c1-3-12-11-23-7-6-13(12)8-18(23)20(24)16-10-19(21)22-17-5-4-14(25-2)9-15(16)17/h4-5,9-10,12-13,18,20,24H,3,6-8,11H2,1-2H3/t12?,13?,18?,20-/m0/s1. The van der Waals surface area contributed by atoms with Crippen molar-refractivity contribution in [2.24, 2.45) is 11.8 Å². The van der Waals surface area contributed by atoms with Crippen LogP contribution in [-0.2, 0) is 0 Å². The molecule has 1 aromatic carbocycles. The van der Waals surface area contributed by atoms with Gasteiger partial charge in [0.15, 0.2) is 0 Å². The molecule has 0 saturated carbocycles. The predicted molar refractivity (Wildman–Crippen MR) is 100 cm³/mol. The van der Waals surface area contributed by atoms with Gasteiger partial charge >= 0.3 is 0 Å². The fourth-order valence-electron chi connectivity index (χ4n) is 4.75. The molecule has 5 atom stereocenters. The first kappa shape index (κ1) is 17.1. The van der Waals surface area contributed by atoms with Crippen LogP contribution in [0.4, 0.5) is 0 Å². The van der Waals surface area contributed by atoms with Gasteiger partial charge in [-0.25, -0.2) is 4.98 Å². The van der Waals surface area contributed by atoms with Gasteiger partial charge in [0.05, 0.1) is 18.7 Å². The van der Waals surface area contributed by atoms with E-state index in [0.29, 0.717) is 5.15 Å². The van der Waals surface area contributed by atoms with Crippen molar-refractivity contribution in [3.8, 4) is 5.75 Å². The lowest BCUT2D eigenvalue weighted by atomic mass is 9.72. The molecule has 2 bridgehead atoms. The molecule has 3 fully saturated rings. The lowest BCUT2D eigenvalue weighted by Gasteiger charge is -2.51. The van der Waals surface area contributed by atoms with Gasteiger partial charge in [0, 0.05) is 18.0 Å². The van der Waals surface area contributed by atoms with Crippen molar-refractivity contribution in [3.05, 3.63) is 35.0 Å². The zero-order valence-electron chi connectivity index (χ0n) is 14.8. The van der Waals surface area contributed by atoms with Crippen molar-refractivity contribution in [1.29, 1.82) is 0 Å². The summed E-state index contributed by atoms with van der Waals surface area (Å²) in [5.74, 6) is 2.27. The molecule has 2 aromatic rings. The van der Waals surface area contributed by atoms with Crippen LogP contribution in [0.5, 0.6) is 5.75 Å². The monoisotopic (exact) mass is 360 g/mol. The number of aromatic nitrogens is 1. The third-order valence-electron chi connectivity index (χ3n) is 6.16. The Balaban J connectivity index is 1.71. The number of hydrogen-bond acceptors (Lipinski definition) is 4. The number of rotatable bonds is 4. The van der Waals surface area contributed by atoms with Crippen LogP contribution in [0.15, 0.2) is 24.3 Å². The normalized spacial score (nSPS) is 29.8. The van der Waals surface area contributed by atoms with Crippen molar-refractivity contribution in [2.45, 2.75) is 38.3 Å². The van der Waals surface area contributed by atoms with Gasteiger partial charge < -0.3 is 9.84 Å². The van der Waals surface area contributed by atoms with E-state index in [2.05, 4.69) is 16.8 Å². The van der Waals surface area contributed by atoms with Gasteiger partial charge in [-0.1, -0.05) is 24.9 Å². The minimum Gasteiger partial charge on any atom is -0.497 e. The maximum atomic E-state index is 11.2. The highest BCUT2D eigenvalue weighted by Gasteiger charge is 2.42. The summed E-state index contributed by atoms with van der Waals surface area (Å²) in [6.07, 6.45) is 2.99. The Labute approximate surface area is 153 Å². The number of methoxy groups -OCH3 is 1. The Kier molecular flexibility index (Phi) is 4.61. The third-order valence-corrected chi connectivity index (χ3v) is 6.35. The summed E-state index contributed by atoms with van der Waals surface area (Å²) in [5.41, 5.74) is 1.66. The summed E-state index contributed by atoms with van der Waals surface area (Å²) >= 11 is 6.24. The van der Waals surface area contributed by atoms with Crippen LogP contribution in [0.1, 0.15) is 37.9 Å². The Morgan fingerprint density at radius 1 is 1.40 bits per heavy atom. The van der Waals surface area contributed by atoms with Gasteiger partial charge in [0.1, 0.15) is 10.9 Å². The molecular weight excluding hydrogens is 336 g/mol. The lowest BCUT2D eigenvalue weighted by Crippen LogP contribution is -2.55. The van der Waals surface area contributed by atoms with E-state index in [1.807, 2.05) is 24.3 Å². The number of aliphatic hydroxyl groups is 1. The van der Waals surface area contributed by atoms with E-state index < -0.39 is 6.10 Å². The first-order valence-electron chi connectivity index (χ1n) is 9.17. The summed E-state index contributed by atoms with van der Waals surface area (Å²) in [4.78, 5) is 6.87. The van der Waals surface area contributed by atoms with E-state index in [9.17, 15) is 5.11 Å². The smallest absolute Gasteiger partial charge is 0.130 e. The van der Waals surface area contributed by atoms with E-state index in [4.69, 9.17) is 16.3 Å². The Bertz CT molecular complexity index is 782. The molecule has 3 aliphatic heterocycles. The summed E-state index contributed by atoms with van der Waals surface area (Å²) in [5, 5.41) is 12.6. The SMILES string of the molecule is CCC1CN2CCC1CC2[C@@H](O)c1cc(Cl)nc2ccc(OC)cc12. The van der Waals surface area contributed by atoms with Crippen LogP contribution in [0, 0.1) is 11.8 Å². The molecule has 5 heteroatoms. The first-order valence-corrected chi connectivity index (χ1v) is 9.54. The number of fused-ring (bicyclic) bond motifs is 4. The van der Waals surface area contributed by atoms with Gasteiger partial charge in [-0.2, -0.15) is 0 Å². The zero-order valence-corrected chi connectivity index (χ0v) is 15.5. The van der Waals surface area contributed by atoms with E-state index in [1.165, 1.54) is 12.8 Å². The van der Waals surface area contributed by atoms with E-state index in [-0.39, 0.29) is 6.04 Å². The molecular formula is C20H25ClN2O2. The average molecular weight is 361 g/mol. The minimum absolute atomic E-state index is 0.161. The molecule has 4 nitrogen and oxygen atoms in total. The first-order chi connectivity index (χ1) is 12.1. The van der Waals surface area contributed by atoms with Crippen LogP contribution in [-0.4, -0.2) is 41.2 Å². The number of aliphatic hydroxyl groups excluding tert-OH is 1. The van der Waals surface area contributed by atoms with Crippen molar-refractivity contribution in [3.63, 3.8) is 0 Å². The van der Waals surface area contributed by atoms with Gasteiger partial charge in [0.2, 0.25) is 0 Å². The van der Waals surface area contributed by atoms with Gasteiger partial charge in [-0.15, -0.1) is 0 Å². The highest BCUT2D eigenvalue weighted by atomic mass is 35.5. The third kappa shape index (κ3) is 3.01. The number of nitrogens with zero attached hydrogens (tertiary/aromatic N) is 2. The summed E-state index contributed by atoms with van der Waals surface area (Å²) < 4.78 is 5.36. The summed E-state index contributed by atoms with van der Waals surface area (Å²) in [6.45, 7) is 4.46. The second-order valence-corrected chi connectivity index (χ2v) is 7.76. The zero-order chi connectivity index (χ0) is 17.6. The van der Waals surface area contributed by atoms with Crippen LogP contribution in [0.2, 0.25) is 5.15 Å². The molecule has 4 heterocycles. The van der Waals surface area contributed by atoms with Gasteiger partial charge in [-0.05, 0) is 61.1 Å². The molecule has 0 radical (unpaired) electrons. The fourth-order valence-corrected chi connectivity index (χ4v) is 4.96.